The summed E-state index contributed by atoms with van der Waals surface area (Å²) in [5, 5.41) is 13.5. The Morgan fingerprint density at radius 3 is 2.60 bits per heavy atom. The van der Waals surface area contributed by atoms with Crippen LogP contribution in [0.2, 0.25) is 0 Å². The first-order valence-corrected chi connectivity index (χ1v) is 7.45. The van der Waals surface area contributed by atoms with E-state index in [2.05, 4.69) is 10.6 Å². The number of carbonyl (C=O) groups is 2. The molecule has 0 aliphatic carbocycles. The van der Waals surface area contributed by atoms with E-state index < -0.39 is 23.7 Å². The average molecular weight is 343 g/mol. The molecule has 128 valence electrons. The van der Waals surface area contributed by atoms with Crippen LogP contribution in [0.1, 0.15) is 18.1 Å². The molecule has 0 aromatic heterocycles. The molecule has 0 unspecified atom stereocenters. The molecule has 2 N–H and O–H groups in total. The molecule has 0 fully saturated rings. The standard InChI is InChI=1S/C18H15F2N3O2/c1-11(7-12-3-2-4-14(19)8-12)22-17(24)18(25)23-15-5-6-16(20)13(9-15)10-21/h2-6,8-9,11H,7H2,1H3,(H,22,24)(H,23,25)/t11-/m1/s1. The van der Waals surface area contributed by atoms with Crippen molar-refractivity contribution < 1.29 is 18.4 Å². The second kappa shape index (κ2) is 8.02. The molecule has 0 aliphatic heterocycles. The van der Waals surface area contributed by atoms with Crippen molar-refractivity contribution in [1.82, 2.24) is 5.32 Å². The number of rotatable bonds is 4. The molecule has 0 aliphatic rings. The first kappa shape index (κ1) is 18.1. The van der Waals surface area contributed by atoms with Gasteiger partial charge in [-0.1, -0.05) is 12.1 Å². The van der Waals surface area contributed by atoms with Gasteiger partial charge in [0.2, 0.25) is 0 Å². The lowest BCUT2D eigenvalue weighted by Crippen LogP contribution is -2.41. The third-order valence-corrected chi connectivity index (χ3v) is 3.36. The monoisotopic (exact) mass is 343 g/mol. The number of anilines is 1. The van der Waals surface area contributed by atoms with Gasteiger partial charge in [-0.2, -0.15) is 5.26 Å². The van der Waals surface area contributed by atoms with E-state index in [0.717, 1.165) is 12.1 Å². The van der Waals surface area contributed by atoms with Crippen molar-refractivity contribution >= 4 is 17.5 Å². The molecule has 0 heterocycles. The van der Waals surface area contributed by atoms with Gasteiger partial charge in [-0.25, -0.2) is 8.78 Å². The van der Waals surface area contributed by atoms with Gasteiger partial charge in [-0.3, -0.25) is 9.59 Å². The van der Waals surface area contributed by atoms with Crippen LogP contribution in [0, 0.1) is 23.0 Å². The number of hydrogen-bond donors (Lipinski definition) is 2. The number of carbonyl (C=O) groups excluding carboxylic acids is 2. The fourth-order valence-electron chi connectivity index (χ4n) is 2.23. The summed E-state index contributed by atoms with van der Waals surface area (Å²) in [6.07, 6.45) is 0.353. The fraction of sp³-hybridized carbons (Fsp3) is 0.167. The van der Waals surface area contributed by atoms with Crippen molar-refractivity contribution in [3.63, 3.8) is 0 Å². The smallest absolute Gasteiger partial charge is 0.313 e. The molecular formula is C18H15F2N3O2. The third-order valence-electron chi connectivity index (χ3n) is 3.36. The molecule has 0 bridgehead atoms. The van der Waals surface area contributed by atoms with Crippen molar-refractivity contribution in [2.24, 2.45) is 0 Å². The molecule has 0 saturated heterocycles. The summed E-state index contributed by atoms with van der Waals surface area (Å²) in [4.78, 5) is 23.8. The first-order chi connectivity index (χ1) is 11.9. The molecule has 0 spiro atoms. The average Bonchev–Trinajstić information content (AvgIpc) is 2.56. The van der Waals surface area contributed by atoms with Crippen LogP contribution in [0.3, 0.4) is 0 Å². The van der Waals surface area contributed by atoms with Crippen LogP contribution < -0.4 is 10.6 Å². The maximum atomic E-state index is 13.2. The molecule has 2 rings (SSSR count). The number of nitriles is 1. The van der Waals surface area contributed by atoms with E-state index in [1.807, 2.05) is 0 Å². The van der Waals surface area contributed by atoms with Gasteiger partial charge >= 0.3 is 11.8 Å². The molecule has 0 radical (unpaired) electrons. The zero-order valence-corrected chi connectivity index (χ0v) is 13.3. The summed E-state index contributed by atoms with van der Waals surface area (Å²) in [5.74, 6) is -2.92. The first-order valence-electron chi connectivity index (χ1n) is 7.45. The van der Waals surface area contributed by atoms with Gasteiger partial charge in [-0.15, -0.1) is 0 Å². The molecule has 2 aromatic carbocycles. The van der Waals surface area contributed by atoms with Gasteiger partial charge in [0.05, 0.1) is 5.56 Å². The SMILES string of the molecule is C[C@H](Cc1cccc(F)c1)NC(=O)C(=O)Nc1ccc(F)c(C#N)c1. The largest absolute Gasteiger partial charge is 0.345 e. The quantitative estimate of drug-likeness (QED) is 0.837. The minimum absolute atomic E-state index is 0.135. The van der Waals surface area contributed by atoms with Crippen LogP contribution in [-0.4, -0.2) is 17.9 Å². The predicted molar refractivity (Wildman–Crippen MR) is 87.5 cm³/mol. The summed E-state index contributed by atoms with van der Waals surface area (Å²) in [6.45, 7) is 1.68. The van der Waals surface area contributed by atoms with Crippen LogP contribution >= 0.6 is 0 Å². The van der Waals surface area contributed by atoms with Crippen molar-refractivity contribution in [3.8, 4) is 6.07 Å². The van der Waals surface area contributed by atoms with Gasteiger partial charge in [-0.05, 0) is 49.2 Å². The molecule has 2 amide bonds. The number of halogens is 2. The van der Waals surface area contributed by atoms with Gasteiger partial charge < -0.3 is 10.6 Å². The van der Waals surface area contributed by atoms with Crippen LogP contribution in [0.5, 0.6) is 0 Å². The van der Waals surface area contributed by atoms with Crippen LogP contribution in [0.4, 0.5) is 14.5 Å². The number of nitrogens with zero attached hydrogens (tertiary/aromatic N) is 1. The van der Waals surface area contributed by atoms with E-state index >= 15 is 0 Å². The Morgan fingerprint density at radius 2 is 1.92 bits per heavy atom. The second-order valence-electron chi connectivity index (χ2n) is 5.47. The molecule has 1 atom stereocenters. The van der Waals surface area contributed by atoms with E-state index in [1.54, 1.807) is 25.1 Å². The highest BCUT2D eigenvalue weighted by Gasteiger charge is 2.17. The maximum Gasteiger partial charge on any atom is 0.313 e. The van der Waals surface area contributed by atoms with Gasteiger partial charge in [0.1, 0.15) is 17.7 Å². The Kier molecular flexibility index (Phi) is 5.79. The van der Waals surface area contributed by atoms with E-state index in [-0.39, 0.29) is 17.1 Å². The highest BCUT2D eigenvalue weighted by Crippen LogP contribution is 2.13. The highest BCUT2D eigenvalue weighted by molar-refractivity contribution is 6.39. The predicted octanol–water partition coefficient (Wildman–Crippen LogP) is 2.52. The summed E-state index contributed by atoms with van der Waals surface area (Å²) in [5.41, 5.74) is 0.582. The van der Waals surface area contributed by atoms with Gasteiger partial charge in [0, 0.05) is 11.7 Å². The number of hydrogen-bond acceptors (Lipinski definition) is 3. The minimum atomic E-state index is -0.943. The Hall–Kier alpha value is -3.27. The number of nitrogens with one attached hydrogen (secondary N) is 2. The summed E-state index contributed by atoms with van der Waals surface area (Å²) < 4.78 is 26.4. The molecule has 7 heteroatoms. The van der Waals surface area contributed by atoms with Crippen molar-refractivity contribution in [2.75, 3.05) is 5.32 Å². The molecular weight excluding hydrogens is 328 g/mol. The Bertz CT molecular complexity index is 846. The van der Waals surface area contributed by atoms with E-state index in [4.69, 9.17) is 5.26 Å². The van der Waals surface area contributed by atoms with Gasteiger partial charge in [0.15, 0.2) is 0 Å². The molecule has 5 nitrogen and oxygen atoms in total. The van der Waals surface area contributed by atoms with Crippen LogP contribution in [-0.2, 0) is 16.0 Å². The van der Waals surface area contributed by atoms with Gasteiger partial charge in [0.25, 0.3) is 0 Å². The molecule has 0 saturated carbocycles. The highest BCUT2D eigenvalue weighted by atomic mass is 19.1. The van der Waals surface area contributed by atoms with Crippen molar-refractivity contribution in [1.29, 1.82) is 5.26 Å². The van der Waals surface area contributed by atoms with E-state index in [1.165, 1.54) is 18.2 Å². The fourth-order valence-corrected chi connectivity index (χ4v) is 2.23. The van der Waals surface area contributed by atoms with E-state index in [0.29, 0.717) is 12.0 Å². The number of benzene rings is 2. The van der Waals surface area contributed by atoms with Crippen LogP contribution in [0.15, 0.2) is 42.5 Å². The second-order valence-corrected chi connectivity index (χ2v) is 5.47. The lowest BCUT2D eigenvalue weighted by Gasteiger charge is -2.14. The normalized spacial score (nSPS) is 11.3. The zero-order valence-electron chi connectivity index (χ0n) is 13.3. The maximum absolute atomic E-state index is 13.2. The Labute approximate surface area is 143 Å². The lowest BCUT2D eigenvalue weighted by atomic mass is 10.1. The zero-order chi connectivity index (χ0) is 18.4. The Morgan fingerprint density at radius 1 is 1.16 bits per heavy atom. The summed E-state index contributed by atoms with van der Waals surface area (Å²) in [7, 11) is 0. The lowest BCUT2D eigenvalue weighted by molar-refractivity contribution is -0.136. The summed E-state index contributed by atoms with van der Waals surface area (Å²) >= 11 is 0. The number of amides is 2. The minimum Gasteiger partial charge on any atom is -0.345 e. The van der Waals surface area contributed by atoms with E-state index in [9.17, 15) is 18.4 Å². The molecule has 25 heavy (non-hydrogen) atoms. The van der Waals surface area contributed by atoms with Crippen molar-refractivity contribution in [2.45, 2.75) is 19.4 Å². The summed E-state index contributed by atoms with van der Waals surface area (Å²) in [6, 6.07) is 10.6. The molecule has 2 aromatic rings. The van der Waals surface area contributed by atoms with Crippen LogP contribution in [0.25, 0.3) is 0 Å². The Balaban J connectivity index is 1.93. The topological polar surface area (TPSA) is 82.0 Å². The third kappa shape index (κ3) is 5.11. The van der Waals surface area contributed by atoms with Crippen molar-refractivity contribution in [3.05, 3.63) is 65.2 Å².